The third kappa shape index (κ3) is 5.92. The number of halogens is 1. The second-order valence-electron chi connectivity index (χ2n) is 6.91. The molecule has 5 nitrogen and oxygen atoms in total. The van der Waals surface area contributed by atoms with E-state index in [2.05, 4.69) is 5.32 Å². The highest BCUT2D eigenvalue weighted by molar-refractivity contribution is 6.32. The summed E-state index contributed by atoms with van der Waals surface area (Å²) in [4.78, 5) is 12.8. The van der Waals surface area contributed by atoms with Gasteiger partial charge in [-0.15, -0.1) is 0 Å². The van der Waals surface area contributed by atoms with Crippen LogP contribution in [0.25, 0.3) is 0 Å². The molecule has 1 N–H and O–H groups in total. The Kier molecular flexibility index (Phi) is 7.79. The molecule has 0 heterocycles. The minimum absolute atomic E-state index is 0.294. The number of hydrogen-bond acceptors (Lipinski definition) is 4. The number of ether oxygens (including phenoxy) is 3. The van der Waals surface area contributed by atoms with Gasteiger partial charge in [-0.25, -0.2) is 0 Å². The van der Waals surface area contributed by atoms with Crippen molar-refractivity contribution in [2.45, 2.75) is 27.2 Å². The van der Waals surface area contributed by atoms with Gasteiger partial charge < -0.3 is 19.5 Å². The van der Waals surface area contributed by atoms with Crippen molar-refractivity contribution in [2.75, 3.05) is 18.5 Å². The van der Waals surface area contributed by atoms with Gasteiger partial charge in [0.05, 0.1) is 18.2 Å². The van der Waals surface area contributed by atoms with E-state index in [9.17, 15) is 4.79 Å². The van der Waals surface area contributed by atoms with Gasteiger partial charge in [0.15, 0.2) is 11.5 Å². The van der Waals surface area contributed by atoms with Gasteiger partial charge in [-0.1, -0.05) is 36.7 Å². The van der Waals surface area contributed by atoms with Gasteiger partial charge in [-0.05, 0) is 68.3 Å². The molecule has 3 aromatic rings. The summed E-state index contributed by atoms with van der Waals surface area (Å²) in [5.74, 6) is 2.10. The van der Waals surface area contributed by atoms with E-state index < -0.39 is 0 Å². The van der Waals surface area contributed by atoms with E-state index in [0.29, 0.717) is 46.7 Å². The molecule has 0 radical (unpaired) electrons. The average molecular weight is 440 g/mol. The topological polar surface area (TPSA) is 56.8 Å². The maximum absolute atomic E-state index is 12.8. The van der Waals surface area contributed by atoms with Crippen molar-refractivity contribution in [1.29, 1.82) is 0 Å². The summed E-state index contributed by atoms with van der Waals surface area (Å²) in [7, 11) is 0. The summed E-state index contributed by atoms with van der Waals surface area (Å²) in [6.45, 7) is 6.82. The molecule has 0 unspecified atom stereocenters. The number of para-hydroxylation sites is 1. The predicted molar refractivity (Wildman–Crippen MR) is 124 cm³/mol. The molecule has 0 saturated carbocycles. The van der Waals surface area contributed by atoms with Crippen molar-refractivity contribution in [1.82, 2.24) is 0 Å². The quantitative estimate of drug-likeness (QED) is 0.394. The van der Waals surface area contributed by atoms with Crippen LogP contribution >= 0.6 is 11.6 Å². The zero-order valence-corrected chi connectivity index (χ0v) is 18.7. The van der Waals surface area contributed by atoms with Crippen LogP contribution in [0.2, 0.25) is 5.02 Å². The SMILES string of the molecule is CCCOc1c(Cl)cc(C(=O)Nc2ccc(Oc3ccccc3C)cc2)cc1OCC. The van der Waals surface area contributed by atoms with E-state index in [1.165, 1.54) is 0 Å². The van der Waals surface area contributed by atoms with E-state index >= 15 is 0 Å². The number of benzene rings is 3. The third-order valence-corrected chi connectivity index (χ3v) is 4.74. The van der Waals surface area contributed by atoms with Crippen LogP contribution in [0.3, 0.4) is 0 Å². The number of carbonyl (C=O) groups is 1. The van der Waals surface area contributed by atoms with Gasteiger partial charge in [-0.3, -0.25) is 4.79 Å². The lowest BCUT2D eigenvalue weighted by atomic mass is 10.1. The van der Waals surface area contributed by atoms with Crippen LogP contribution in [0.4, 0.5) is 5.69 Å². The number of amides is 1. The fourth-order valence-electron chi connectivity index (χ4n) is 2.91. The molecule has 0 aromatic heterocycles. The Morgan fingerprint density at radius 2 is 1.71 bits per heavy atom. The lowest BCUT2D eigenvalue weighted by molar-refractivity contribution is 0.102. The zero-order valence-electron chi connectivity index (χ0n) is 17.9. The molecule has 0 aliphatic heterocycles. The average Bonchev–Trinajstić information content (AvgIpc) is 2.76. The highest BCUT2D eigenvalue weighted by Gasteiger charge is 2.16. The van der Waals surface area contributed by atoms with Crippen LogP contribution in [0.5, 0.6) is 23.0 Å². The van der Waals surface area contributed by atoms with E-state index in [1.54, 1.807) is 24.3 Å². The number of hydrogen-bond donors (Lipinski definition) is 1. The lowest BCUT2D eigenvalue weighted by Crippen LogP contribution is -2.12. The van der Waals surface area contributed by atoms with Gasteiger partial charge in [0.25, 0.3) is 5.91 Å². The van der Waals surface area contributed by atoms with Gasteiger partial charge in [0.2, 0.25) is 0 Å². The largest absolute Gasteiger partial charge is 0.490 e. The Morgan fingerprint density at radius 1 is 0.968 bits per heavy atom. The van der Waals surface area contributed by atoms with Crippen LogP contribution in [0, 0.1) is 6.92 Å². The van der Waals surface area contributed by atoms with Gasteiger partial charge in [0, 0.05) is 11.3 Å². The summed E-state index contributed by atoms with van der Waals surface area (Å²) < 4.78 is 17.2. The Balaban J connectivity index is 1.72. The van der Waals surface area contributed by atoms with Crippen LogP contribution in [-0.2, 0) is 0 Å². The highest BCUT2D eigenvalue weighted by Crippen LogP contribution is 2.37. The van der Waals surface area contributed by atoms with Crippen molar-refractivity contribution in [3.05, 3.63) is 76.8 Å². The summed E-state index contributed by atoms with van der Waals surface area (Å²) in [6.07, 6.45) is 0.841. The molecular formula is C25H26ClNO4. The molecule has 3 rings (SSSR count). The predicted octanol–water partition coefficient (Wildman–Crippen LogP) is 6.88. The maximum atomic E-state index is 12.8. The number of anilines is 1. The molecule has 0 saturated heterocycles. The minimum Gasteiger partial charge on any atom is -0.490 e. The van der Waals surface area contributed by atoms with E-state index in [0.717, 1.165) is 17.7 Å². The first-order valence-electron chi connectivity index (χ1n) is 10.3. The minimum atomic E-state index is -0.294. The monoisotopic (exact) mass is 439 g/mol. The molecule has 162 valence electrons. The Bertz CT molecular complexity index is 1030. The van der Waals surface area contributed by atoms with Gasteiger partial charge in [-0.2, -0.15) is 0 Å². The van der Waals surface area contributed by atoms with Crippen molar-refractivity contribution >= 4 is 23.2 Å². The van der Waals surface area contributed by atoms with Crippen molar-refractivity contribution < 1.29 is 19.0 Å². The number of carbonyl (C=O) groups excluding carboxylic acids is 1. The van der Waals surface area contributed by atoms with Crippen molar-refractivity contribution in [2.24, 2.45) is 0 Å². The first-order chi connectivity index (χ1) is 15.0. The molecule has 0 bridgehead atoms. The van der Waals surface area contributed by atoms with Crippen molar-refractivity contribution in [3.8, 4) is 23.0 Å². The maximum Gasteiger partial charge on any atom is 0.255 e. The normalized spacial score (nSPS) is 10.5. The van der Waals surface area contributed by atoms with Gasteiger partial charge >= 0.3 is 0 Å². The standard InChI is InChI=1S/C25H26ClNO4/c1-4-14-30-24-21(26)15-18(16-23(24)29-5-2)25(28)27-19-10-12-20(13-11-19)31-22-9-7-6-8-17(22)3/h6-13,15-16H,4-5,14H2,1-3H3,(H,27,28). The molecule has 6 heteroatoms. The fraction of sp³-hybridized carbons (Fsp3) is 0.240. The molecule has 31 heavy (non-hydrogen) atoms. The van der Waals surface area contributed by atoms with E-state index in [4.69, 9.17) is 25.8 Å². The smallest absolute Gasteiger partial charge is 0.255 e. The van der Waals surface area contributed by atoms with Gasteiger partial charge in [0.1, 0.15) is 11.5 Å². The van der Waals surface area contributed by atoms with Crippen LogP contribution in [0.15, 0.2) is 60.7 Å². The molecule has 3 aromatic carbocycles. The second kappa shape index (κ2) is 10.7. The van der Waals surface area contributed by atoms with Crippen LogP contribution in [0.1, 0.15) is 36.2 Å². The Labute approximate surface area is 187 Å². The number of rotatable bonds is 9. The number of aryl methyl sites for hydroxylation is 1. The molecular weight excluding hydrogens is 414 g/mol. The van der Waals surface area contributed by atoms with Crippen LogP contribution in [-0.4, -0.2) is 19.1 Å². The molecule has 0 aliphatic carbocycles. The zero-order chi connectivity index (χ0) is 22.2. The number of nitrogens with one attached hydrogen (secondary N) is 1. The molecule has 1 amide bonds. The first kappa shape index (κ1) is 22.5. The third-order valence-electron chi connectivity index (χ3n) is 4.46. The summed E-state index contributed by atoms with van der Waals surface area (Å²) in [5.41, 5.74) is 2.08. The van der Waals surface area contributed by atoms with Crippen molar-refractivity contribution in [3.63, 3.8) is 0 Å². The Morgan fingerprint density at radius 3 is 2.39 bits per heavy atom. The molecule has 0 spiro atoms. The molecule has 0 atom stereocenters. The summed E-state index contributed by atoms with van der Waals surface area (Å²) in [5, 5.41) is 3.21. The molecule has 0 fully saturated rings. The van der Waals surface area contributed by atoms with E-state index in [-0.39, 0.29) is 5.91 Å². The molecule has 0 aliphatic rings. The summed E-state index contributed by atoms with van der Waals surface area (Å²) in [6, 6.07) is 18.2. The highest BCUT2D eigenvalue weighted by atomic mass is 35.5. The second-order valence-corrected chi connectivity index (χ2v) is 7.32. The van der Waals surface area contributed by atoms with Crippen LogP contribution < -0.4 is 19.5 Å². The lowest BCUT2D eigenvalue weighted by Gasteiger charge is -2.15. The Hall–Kier alpha value is -3.18. The van der Waals surface area contributed by atoms with E-state index in [1.807, 2.05) is 57.2 Å². The summed E-state index contributed by atoms with van der Waals surface area (Å²) >= 11 is 6.36. The first-order valence-corrected chi connectivity index (χ1v) is 10.6. The fourth-order valence-corrected chi connectivity index (χ4v) is 3.18.